The van der Waals surface area contributed by atoms with Crippen molar-refractivity contribution in [1.29, 1.82) is 0 Å². The average molecular weight is 226 g/mol. The molecule has 0 unspecified atom stereocenters. The molecule has 3 atom stereocenters. The highest BCUT2D eigenvalue weighted by Gasteiger charge is 2.54. The Morgan fingerprint density at radius 2 is 1.38 bits per heavy atom. The molecule has 16 heavy (non-hydrogen) atoms. The first-order valence-corrected chi connectivity index (χ1v) is 6.03. The second-order valence-electron chi connectivity index (χ2n) is 5.15. The predicted molar refractivity (Wildman–Crippen MR) is 57.0 cm³/mol. The summed E-state index contributed by atoms with van der Waals surface area (Å²) in [4.78, 5) is 22.5. The van der Waals surface area contributed by atoms with Crippen LogP contribution in [0.3, 0.4) is 0 Å². The number of carboxylic acids is 2. The van der Waals surface area contributed by atoms with E-state index in [0.29, 0.717) is 12.8 Å². The van der Waals surface area contributed by atoms with Gasteiger partial charge in [0, 0.05) is 0 Å². The fourth-order valence-corrected chi connectivity index (χ4v) is 3.82. The quantitative estimate of drug-likeness (QED) is 0.756. The SMILES string of the molecule is O=C(O)[C@H]1CCCC[C@]12CCC[C@@H]2C(=O)O. The molecule has 0 aliphatic heterocycles. The molecule has 0 heterocycles. The third-order valence-electron chi connectivity index (χ3n) is 4.50. The van der Waals surface area contributed by atoms with Crippen LogP contribution in [0, 0.1) is 17.3 Å². The lowest BCUT2D eigenvalue weighted by atomic mass is 9.61. The van der Waals surface area contributed by atoms with Crippen molar-refractivity contribution in [2.24, 2.45) is 17.3 Å². The molecule has 0 radical (unpaired) electrons. The van der Waals surface area contributed by atoms with Crippen LogP contribution in [0.25, 0.3) is 0 Å². The van der Waals surface area contributed by atoms with Gasteiger partial charge in [0.2, 0.25) is 0 Å². The average Bonchev–Trinajstić information content (AvgIpc) is 2.62. The van der Waals surface area contributed by atoms with Crippen LogP contribution in [-0.4, -0.2) is 22.2 Å². The number of rotatable bonds is 2. The van der Waals surface area contributed by atoms with Crippen LogP contribution in [0.15, 0.2) is 0 Å². The Bertz CT molecular complexity index is 312. The van der Waals surface area contributed by atoms with E-state index in [1.165, 1.54) is 0 Å². The smallest absolute Gasteiger partial charge is 0.307 e. The number of carboxylic acid groups (broad SMARTS) is 2. The van der Waals surface area contributed by atoms with Crippen LogP contribution in [0.2, 0.25) is 0 Å². The van der Waals surface area contributed by atoms with E-state index in [1.807, 2.05) is 0 Å². The zero-order valence-corrected chi connectivity index (χ0v) is 9.32. The molecular weight excluding hydrogens is 208 g/mol. The first-order valence-electron chi connectivity index (χ1n) is 6.03. The minimum absolute atomic E-state index is 0.436. The highest BCUT2D eigenvalue weighted by Crippen LogP contribution is 2.56. The Morgan fingerprint density at radius 3 is 1.94 bits per heavy atom. The van der Waals surface area contributed by atoms with E-state index < -0.39 is 29.2 Å². The summed E-state index contributed by atoms with van der Waals surface area (Å²) in [6, 6.07) is 0. The molecule has 2 N–H and O–H groups in total. The summed E-state index contributed by atoms with van der Waals surface area (Å²) >= 11 is 0. The minimum atomic E-state index is -0.800. The van der Waals surface area contributed by atoms with Crippen molar-refractivity contribution in [3.05, 3.63) is 0 Å². The highest BCUT2D eigenvalue weighted by molar-refractivity contribution is 5.76. The van der Waals surface area contributed by atoms with Gasteiger partial charge in [-0.2, -0.15) is 0 Å². The van der Waals surface area contributed by atoms with E-state index in [-0.39, 0.29) is 0 Å². The summed E-state index contributed by atoms with van der Waals surface area (Å²) in [6.07, 6.45) is 5.62. The summed E-state index contributed by atoms with van der Waals surface area (Å²) in [6.45, 7) is 0. The van der Waals surface area contributed by atoms with E-state index >= 15 is 0 Å². The van der Waals surface area contributed by atoms with E-state index in [1.54, 1.807) is 0 Å². The van der Waals surface area contributed by atoms with Gasteiger partial charge in [0.05, 0.1) is 11.8 Å². The van der Waals surface area contributed by atoms with Gasteiger partial charge in [-0.05, 0) is 31.1 Å². The van der Waals surface area contributed by atoms with Crippen LogP contribution in [0.5, 0.6) is 0 Å². The molecule has 0 amide bonds. The Labute approximate surface area is 94.7 Å². The van der Waals surface area contributed by atoms with Gasteiger partial charge in [-0.1, -0.05) is 19.3 Å². The van der Waals surface area contributed by atoms with Crippen LogP contribution in [0.4, 0.5) is 0 Å². The number of hydrogen-bond acceptors (Lipinski definition) is 2. The molecule has 0 bridgehead atoms. The third kappa shape index (κ3) is 1.60. The Morgan fingerprint density at radius 1 is 0.875 bits per heavy atom. The van der Waals surface area contributed by atoms with Crippen LogP contribution in [-0.2, 0) is 9.59 Å². The molecule has 0 saturated heterocycles. The third-order valence-corrected chi connectivity index (χ3v) is 4.50. The molecule has 2 fully saturated rings. The summed E-state index contributed by atoms with van der Waals surface area (Å²) in [5.41, 5.74) is -0.448. The first-order chi connectivity index (χ1) is 7.58. The molecule has 0 aromatic heterocycles. The van der Waals surface area contributed by atoms with Crippen molar-refractivity contribution < 1.29 is 19.8 Å². The van der Waals surface area contributed by atoms with Gasteiger partial charge in [0.25, 0.3) is 0 Å². The van der Waals surface area contributed by atoms with Gasteiger partial charge in [-0.25, -0.2) is 0 Å². The van der Waals surface area contributed by atoms with Crippen LogP contribution >= 0.6 is 0 Å². The second kappa shape index (κ2) is 4.07. The largest absolute Gasteiger partial charge is 0.481 e. The van der Waals surface area contributed by atoms with Crippen molar-refractivity contribution in [2.75, 3.05) is 0 Å². The lowest BCUT2D eigenvalue weighted by Crippen LogP contribution is -2.44. The highest BCUT2D eigenvalue weighted by atomic mass is 16.4. The van der Waals surface area contributed by atoms with Crippen LogP contribution < -0.4 is 0 Å². The molecule has 2 aliphatic carbocycles. The van der Waals surface area contributed by atoms with E-state index in [4.69, 9.17) is 0 Å². The maximum absolute atomic E-state index is 11.3. The molecule has 0 aromatic carbocycles. The fraction of sp³-hybridized carbons (Fsp3) is 0.833. The van der Waals surface area contributed by atoms with Crippen LogP contribution in [0.1, 0.15) is 44.9 Å². The molecule has 2 aliphatic rings. The Hall–Kier alpha value is -1.06. The molecule has 4 nitrogen and oxygen atoms in total. The van der Waals surface area contributed by atoms with Crippen molar-refractivity contribution in [2.45, 2.75) is 44.9 Å². The molecule has 2 rings (SSSR count). The molecule has 2 saturated carbocycles. The molecule has 4 heteroatoms. The molecular formula is C12H18O4. The minimum Gasteiger partial charge on any atom is -0.481 e. The number of hydrogen-bond donors (Lipinski definition) is 2. The van der Waals surface area contributed by atoms with Gasteiger partial charge in [-0.3, -0.25) is 9.59 Å². The van der Waals surface area contributed by atoms with E-state index in [9.17, 15) is 19.8 Å². The van der Waals surface area contributed by atoms with Crippen molar-refractivity contribution in [3.63, 3.8) is 0 Å². The second-order valence-corrected chi connectivity index (χ2v) is 5.15. The Kier molecular flexibility index (Phi) is 2.91. The summed E-state index contributed by atoms with van der Waals surface area (Å²) in [5.74, 6) is -2.47. The standard InChI is InChI=1S/C12H18O4/c13-10(14)8-4-1-2-6-12(8)7-3-5-9(12)11(15)16/h8-9H,1-7H2,(H,13,14)(H,15,16)/t8-,9-,12+/m1/s1. The zero-order chi connectivity index (χ0) is 11.8. The lowest BCUT2D eigenvalue weighted by Gasteiger charge is -2.42. The van der Waals surface area contributed by atoms with E-state index in [0.717, 1.165) is 32.1 Å². The van der Waals surface area contributed by atoms with Gasteiger partial charge in [0.1, 0.15) is 0 Å². The number of aliphatic carboxylic acids is 2. The van der Waals surface area contributed by atoms with E-state index in [2.05, 4.69) is 0 Å². The van der Waals surface area contributed by atoms with Crippen molar-refractivity contribution in [3.8, 4) is 0 Å². The van der Waals surface area contributed by atoms with Crippen molar-refractivity contribution in [1.82, 2.24) is 0 Å². The zero-order valence-electron chi connectivity index (χ0n) is 9.32. The lowest BCUT2D eigenvalue weighted by molar-refractivity contribution is -0.157. The monoisotopic (exact) mass is 226 g/mol. The first kappa shape index (κ1) is 11.4. The van der Waals surface area contributed by atoms with Gasteiger partial charge in [-0.15, -0.1) is 0 Å². The molecule has 0 aromatic rings. The fourth-order valence-electron chi connectivity index (χ4n) is 3.82. The normalized spacial score (nSPS) is 38.8. The van der Waals surface area contributed by atoms with Gasteiger partial charge >= 0.3 is 11.9 Å². The van der Waals surface area contributed by atoms with Gasteiger partial charge < -0.3 is 10.2 Å². The van der Waals surface area contributed by atoms with Gasteiger partial charge in [0.15, 0.2) is 0 Å². The summed E-state index contributed by atoms with van der Waals surface area (Å²) in [5, 5.41) is 18.5. The predicted octanol–water partition coefficient (Wildman–Crippen LogP) is 2.13. The maximum atomic E-state index is 11.3. The Balaban J connectivity index is 2.31. The maximum Gasteiger partial charge on any atom is 0.307 e. The molecule has 1 spiro atoms. The summed E-state index contributed by atoms with van der Waals surface area (Å²) < 4.78 is 0. The molecule has 90 valence electrons. The topological polar surface area (TPSA) is 74.6 Å². The number of carbonyl (C=O) groups is 2. The van der Waals surface area contributed by atoms with Crippen molar-refractivity contribution >= 4 is 11.9 Å². The summed E-state index contributed by atoms with van der Waals surface area (Å²) in [7, 11) is 0.